The van der Waals surface area contributed by atoms with E-state index in [2.05, 4.69) is 26.6 Å². The van der Waals surface area contributed by atoms with Crippen LogP contribution in [0.4, 0.5) is 16.2 Å². The summed E-state index contributed by atoms with van der Waals surface area (Å²) in [5.74, 6) is 0.130. The second-order valence-electron chi connectivity index (χ2n) is 6.07. The van der Waals surface area contributed by atoms with Crippen molar-refractivity contribution in [3.05, 3.63) is 58.6 Å². The van der Waals surface area contributed by atoms with Crippen molar-refractivity contribution in [1.29, 1.82) is 0 Å². The van der Waals surface area contributed by atoms with Crippen LogP contribution >= 0.6 is 15.9 Å². The highest BCUT2D eigenvalue weighted by atomic mass is 79.9. The van der Waals surface area contributed by atoms with Gasteiger partial charge in [0.1, 0.15) is 0 Å². The van der Waals surface area contributed by atoms with Gasteiger partial charge in [0.25, 0.3) is 0 Å². The van der Waals surface area contributed by atoms with Gasteiger partial charge in [0.05, 0.1) is 6.04 Å². The lowest BCUT2D eigenvalue weighted by Gasteiger charge is -2.18. The second kappa shape index (κ2) is 7.70. The monoisotopic (exact) mass is 401 g/mol. The standard InChI is InChI=1S/C19H20BrN3O2/c1-13(14-5-2-6-15(20)11-14)21-19(25)22-16-7-3-8-17(12-16)23-10-4-9-18(23)24/h2-3,5-8,11-13H,4,9-10H2,1H3,(H2,21,22,25). The normalized spacial score (nSPS) is 15.1. The molecule has 5 nitrogen and oxygen atoms in total. The summed E-state index contributed by atoms with van der Waals surface area (Å²) in [7, 11) is 0. The summed E-state index contributed by atoms with van der Waals surface area (Å²) in [5.41, 5.74) is 2.50. The van der Waals surface area contributed by atoms with E-state index in [1.54, 1.807) is 4.90 Å². The largest absolute Gasteiger partial charge is 0.331 e. The van der Waals surface area contributed by atoms with E-state index in [1.165, 1.54) is 0 Å². The topological polar surface area (TPSA) is 61.4 Å². The lowest BCUT2D eigenvalue weighted by atomic mass is 10.1. The first-order valence-electron chi connectivity index (χ1n) is 8.26. The molecule has 0 bridgehead atoms. The maximum absolute atomic E-state index is 12.3. The number of nitrogens with one attached hydrogen (secondary N) is 2. The molecule has 2 aromatic rings. The predicted molar refractivity (Wildman–Crippen MR) is 103 cm³/mol. The molecule has 6 heteroatoms. The van der Waals surface area contributed by atoms with E-state index in [4.69, 9.17) is 0 Å². The molecule has 1 aliphatic rings. The predicted octanol–water partition coefficient (Wildman–Crippen LogP) is 4.46. The summed E-state index contributed by atoms with van der Waals surface area (Å²) in [6.07, 6.45) is 1.46. The van der Waals surface area contributed by atoms with Gasteiger partial charge < -0.3 is 15.5 Å². The van der Waals surface area contributed by atoms with Crippen LogP contribution in [0, 0.1) is 0 Å². The molecule has 0 aromatic heterocycles. The third kappa shape index (κ3) is 4.39. The van der Waals surface area contributed by atoms with Crippen LogP contribution in [0.1, 0.15) is 31.4 Å². The number of benzene rings is 2. The number of hydrogen-bond donors (Lipinski definition) is 2. The van der Waals surface area contributed by atoms with Crippen LogP contribution in [0.3, 0.4) is 0 Å². The van der Waals surface area contributed by atoms with Crippen molar-refractivity contribution in [1.82, 2.24) is 5.32 Å². The minimum atomic E-state index is -0.280. The van der Waals surface area contributed by atoms with Gasteiger partial charge in [-0.1, -0.05) is 34.1 Å². The Kier molecular flexibility index (Phi) is 5.38. The Morgan fingerprint density at radius 2 is 2.00 bits per heavy atom. The van der Waals surface area contributed by atoms with Gasteiger partial charge >= 0.3 is 6.03 Å². The lowest BCUT2D eigenvalue weighted by Crippen LogP contribution is -2.31. The molecule has 130 valence electrons. The number of hydrogen-bond acceptors (Lipinski definition) is 2. The quantitative estimate of drug-likeness (QED) is 0.794. The van der Waals surface area contributed by atoms with Crippen LogP contribution in [0.2, 0.25) is 0 Å². The summed E-state index contributed by atoms with van der Waals surface area (Å²) >= 11 is 3.43. The van der Waals surface area contributed by atoms with E-state index in [0.717, 1.165) is 28.7 Å². The number of nitrogens with zero attached hydrogens (tertiary/aromatic N) is 1. The Balaban J connectivity index is 1.64. The highest BCUT2D eigenvalue weighted by Gasteiger charge is 2.21. The Morgan fingerprint density at radius 3 is 2.72 bits per heavy atom. The van der Waals surface area contributed by atoms with Crippen molar-refractivity contribution in [2.75, 3.05) is 16.8 Å². The molecule has 3 rings (SSSR count). The molecule has 2 N–H and O–H groups in total. The maximum Gasteiger partial charge on any atom is 0.319 e. The highest BCUT2D eigenvalue weighted by molar-refractivity contribution is 9.10. The Labute approximate surface area is 155 Å². The first-order chi connectivity index (χ1) is 12.0. The van der Waals surface area contributed by atoms with E-state index < -0.39 is 0 Å². The molecule has 1 heterocycles. The Morgan fingerprint density at radius 1 is 1.20 bits per heavy atom. The van der Waals surface area contributed by atoms with Crippen molar-refractivity contribution in [3.8, 4) is 0 Å². The van der Waals surface area contributed by atoms with Crippen LogP contribution < -0.4 is 15.5 Å². The second-order valence-corrected chi connectivity index (χ2v) is 6.99. The summed E-state index contributed by atoms with van der Waals surface area (Å²) < 4.78 is 0.974. The molecule has 0 saturated carbocycles. The van der Waals surface area contributed by atoms with Crippen molar-refractivity contribution in [3.63, 3.8) is 0 Å². The van der Waals surface area contributed by atoms with E-state index in [9.17, 15) is 9.59 Å². The van der Waals surface area contributed by atoms with Gasteiger partial charge in [0.15, 0.2) is 0 Å². The maximum atomic E-state index is 12.3. The van der Waals surface area contributed by atoms with Crippen LogP contribution in [0.5, 0.6) is 0 Å². The van der Waals surface area contributed by atoms with E-state index in [-0.39, 0.29) is 18.0 Å². The molecule has 1 unspecified atom stereocenters. The molecular formula is C19H20BrN3O2. The summed E-state index contributed by atoms with van der Waals surface area (Å²) in [5, 5.41) is 5.75. The van der Waals surface area contributed by atoms with E-state index in [1.807, 2.05) is 55.5 Å². The smallest absolute Gasteiger partial charge is 0.319 e. The first kappa shape index (κ1) is 17.5. The minimum Gasteiger partial charge on any atom is -0.331 e. The highest BCUT2D eigenvalue weighted by Crippen LogP contribution is 2.24. The minimum absolute atomic E-state index is 0.124. The van der Waals surface area contributed by atoms with Crippen molar-refractivity contribution >= 4 is 39.2 Å². The number of amides is 3. The number of halogens is 1. The zero-order chi connectivity index (χ0) is 17.8. The number of carbonyl (C=O) groups is 2. The lowest BCUT2D eigenvalue weighted by molar-refractivity contribution is -0.117. The zero-order valence-corrected chi connectivity index (χ0v) is 15.5. The van der Waals surface area contributed by atoms with Crippen LogP contribution in [-0.4, -0.2) is 18.5 Å². The van der Waals surface area contributed by atoms with Crippen molar-refractivity contribution < 1.29 is 9.59 Å². The summed E-state index contributed by atoms with van der Waals surface area (Å²) in [6, 6.07) is 14.8. The van der Waals surface area contributed by atoms with E-state index in [0.29, 0.717) is 12.1 Å². The number of anilines is 2. The first-order valence-corrected chi connectivity index (χ1v) is 9.05. The molecular weight excluding hydrogens is 382 g/mol. The average molecular weight is 402 g/mol. The number of urea groups is 1. The average Bonchev–Trinajstić information content (AvgIpc) is 3.01. The Hall–Kier alpha value is -2.34. The van der Waals surface area contributed by atoms with Crippen LogP contribution in [-0.2, 0) is 4.79 Å². The molecule has 3 amide bonds. The van der Waals surface area contributed by atoms with Crippen molar-refractivity contribution in [2.45, 2.75) is 25.8 Å². The molecule has 0 radical (unpaired) electrons. The number of carbonyl (C=O) groups excluding carboxylic acids is 2. The molecule has 1 atom stereocenters. The van der Waals surface area contributed by atoms with Gasteiger partial charge in [0.2, 0.25) is 5.91 Å². The van der Waals surface area contributed by atoms with Crippen LogP contribution in [0.25, 0.3) is 0 Å². The van der Waals surface area contributed by atoms with Crippen molar-refractivity contribution in [2.24, 2.45) is 0 Å². The number of rotatable bonds is 4. The Bertz CT molecular complexity index is 794. The fourth-order valence-corrected chi connectivity index (χ4v) is 3.31. The molecule has 1 saturated heterocycles. The molecule has 2 aromatic carbocycles. The fourth-order valence-electron chi connectivity index (χ4n) is 2.90. The SMILES string of the molecule is CC(NC(=O)Nc1cccc(N2CCCC2=O)c1)c1cccc(Br)c1. The van der Waals surface area contributed by atoms with Crippen LogP contribution in [0.15, 0.2) is 53.0 Å². The van der Waals surface area contributed by atoms with Gasteiger partial charge in [-0.2, -0.15) is 0 Å². The third-order valence-corrected chi connectivity index (χ3v) is 4.68. The summed E-state index contributed by atoms with van der Waals surface area (Å²) in [6.45, 7) is 2.66. The molecule has 1 aliphatic heterocycles. The third-order valence-electron chi connectivity index (χ3n) is 4.19. The van der Waals surface area contributed by atoms with Gasteiger partial charge in [-0.05, 0) is 49.2 Å². The van der Waals surface area contributed by atoms with E-state index >= 15 is 0 Å². The van der Waals surface area contributed by atoms with Gasteiger partial charge in [-0.15, -0.1) is 0 Å². The molecule has 0 aliphatic carbocycles. The molecule has 25 heavy (non-hydrogen) atoms. The zero-order valence-electron chi connectivity index (χ0n) is 14.0. The summed E-state index contributed by atoms with van der Waals surface area (Å²) in [4.78, 5) is 25.9. The fraction of sp³-hybridized carbons (Fsp3) is 0.263. The molecule has 0 spiro atoms. The van der Waals surface area contributed by atoms with Gasteiger partial charge in [-0.3, -0.25) is 4.79 Å². The molecule has 1 fully saturated rings. The van der Waals surface area contributed by atoms with Gasteiger partial charge in [0, 0.05) is 28.8 Å². The van der Waals surface area contributed by atoms with Gasteiger partial charge in [-0.25, -0.2) is 4.79 Å².